The summed E-state index contributed by atoms with van der Waals surface area (Å²) < 4.78 is 0.451. The highest BCUT2D eigenvalue weighted by Crippen LogP contribution is 2.32. The molecule has 150 valence electrons. The molecule has 4 rings (SSSR count). The van der Waals surface area contributed by atoms with Crippen molar-refractivity contribution in [3.05, 3.63) is 75.5 Å². The zero-order valence-corrected chi connectivity index (χ0v) is 18.4. The summed E-state index contributed by atoms with van der Waals surface area (Å²) >= 11 is 7.71. The van der Waals surface area contributed by atoms with E-state index < -0.39 is 0 Å². The van der Waals surface area contributed by atoms with Crippen LogP contribution in [0.2, 0.25) is 0 Å². The van der Waals surface area contributed by atoms with Crippen molar-refractivity contribution in [1.29, 1.82) is 0 Å². The van der Waals surface area contributed by atoms with E-state index in [4.69, 9.17) is 12.2 Å². The molecule has 1 aliphatic heterocycles. The van der Waals surface area contributed by atoms with Crippen LogP contribution in [0.1, 0.15) is 27.7 Å². The third-order valence-corrected chi connectivity index (χ3v) is 6.68. The van der Waals surface area contributed by atoms with Crippen molar-refractivity contribution in [3.63, 3.8) is 0 Å². The Morgan fingerprint density at radius 1 is 1.17 bits per heavy atom. The molecule has 2 N–H and O–H groups in total. The number of hydrogen-bond acceptors (Lipinski definition) is 6. The highest BCUT2D eigenvalue weighted by atomic mass is 32.2. The molecule has 0 unspecified atom stereocenters. The predicted molar refractivity (Wildman–Crippen MR) is 128 cm³/mol. The van der Waals surface area contributed by atoms with Crippen LogP contribution in [0.5, 0.6) is 0 Å². The van der Waals surface area contributed by atoms with E-state index in [1.165, 1.54) is 23.1 Å². The number of thiocarbonyl (C=S) groups is 1. The summed E-state index contributed by atoms with van der Waals surface area (Å²) in [7, 11) is 0. The van der Waals surface area contributed by atoms with Gasteiger partial charge >= 0.3 is 0 Å². The number of rotatable bonds is 5. The Balaban J connectivity index is 1.49. The van der Waals surface area contributed by atoms with Crippen LogP contribution < -0.4 is 10.6 Å². The fourth-order valence-electron chi connectivity index (χ4n) is 2.94. The van der Waals surface area contributed by atoms with Gasteiger partial charge in [-0.15, -0.1) is 11.3 Å². The Kier molecular flexibility index (Phi) is 6.08. The van der Waals surface area contributed by atoms with Gasteiger partial charge in [0.1, 0.15) is 4.32 Å². The first-order chi connectivity index (χ1) is 14.5. The van der Waals surface area contributed by atoms with E-state index in [-0.39, 0.29) is 11.8 Å². The second kappa shape index (κ2) is 8.91. The van der Waals surface area contributed by atoms with Gasteiger partial charge in [-0.05, 0) is 30.2 Å². The van der Waals surface area contributed by atoms with Gasteiger partial charge in [0, 0.05) is 16.0 Å². The standard InChI is InChI=1S/C22H17N3O2S3/c1-2-16-18(14-6-4-3-5-7-14)23-21(29-16)24-19(26)15-10-8-13(9-11-15)12-17-20(27)25-22(28)30-17/h3-12H,2H2,1H3,(H,23,24,26)(H,25,27,28)/b17-12-. The highest BCUT2D eigenvalue weighted by Gasteiger charge is 2.22. The fraction of sp³-hybridized carbons (Fsp3) is 0.0909. The van der Waals surface area contributed by atoms with Gasteiger partial charge in [-0.1, -0.05) is 73.4 Å². The Hall–Kier alpha value is -2.81. The second-order valence-corrected chi connectivity index (χ2v) is 9.24. The molecule has 5 nitrogen and oxygen atoms in total. The normalized spacial score (nSPS) is 14.8. The van der Waals surface area contributed by atoms with Crippen LogP contribution in [0.15, 0.2) is 59.5 Å². The number of carbonyl (C=O) groups is 2. The zero-order chi connectivity index (χ0) is 21.1. The molecule has 8 heteroatoms. The molecule has 0 radical (unpaired) electrons. The van der Waals surface area contributed by atoms with Gasteiger partial charge in [0.25, 0.3) is 11.8 Å². The summed E-state index contributed by atoms with van der Waals surface area (Å²) in [4.78, 5) is 30.7. The average molecular weight is 452 g/mol. The largest absolute Gasteiger partial charge is 0.307 e. The number of thiazole rings is 1. The number of benzene rings is 2. The SMILES string of the molecule is CCc1sc(NC(=O)c2ccc(/C=C3\SC(=S)NC3=O)cc2)nc1-c1ccccc1. The number of anilines is 1. The molecule has 3 aromatic rings. The Labute approximate surface area is 187 Å². The molecule has 0 aliphatic carbocycles. The van der Waals surface area contributed by atoms with Crippen molar-refractivity contribution in [2.75, 3.05) is 5.32 Å². The lowest BCUT2D eigenvalue weighted by molar-refractivity contribution is -0.115. The van der Waals surface area contributed by atoms with Crippen LogP contribution >= 0.6 is 35.3 Å². The molecular weight excluding hydrogens is 434 g/mol. The quantitative estimate of drug-likeness (QED) is 0.416. The molecule has 0 spiro atoms. The van der Waals surface area contributed by atoms with Crippen molar-refractivity contribution >= 4 is 62.7 Å². The van der Waals surface area contributed by atoms with E-state index in [1.54, 1.807) is 30.3 Å². The van der Waals surface area contributed by atoms with Gasteiger partial charge in [0.05, 0.1) is 10.6 Å². The van der Waals surface area contributed by atoms with Gasteiger partial charge in [-0.3, -0.25) is 14.9 Å². The van der Waals surface area contributed by atoms with Crippen molar-refractivity contribution < 1.29 is 9.59 Å². The highest BCUT2D eigenvalue weighted by molar-refractivity contribution is 8.26. The molecule has 2 amide bonds. The lowest BCUT2D eigenvalue weighted by Crippen LogP contribution is -2.17. The number of hydrogen-bond donors (Lipinski definition) is 2. The molecule has 30 heavy (non-hydrogen) atoms. The Morgan fingerprint density at radius 2 is 1.90 bits per heavy atom. The monoisotopic (exact) mass is 451 g/mol. The number of thioether (sulfide) groups is 1. The summed E-state index contributed by atoms with van der Waals surface area (Å²) in [6.07, 6.45) is 2.59. The summed E-state index contributed by atoms with van der Waals surface area (Å²) in [5.74, 6) is -0.420. The lowest BCUT2D eigenvalue weighted by Gasteiger charge is -2.03. The number of nitrogens with zero attached hydrogens (tertiary/aromatic N) is 1. The molecule has 1 aromatic heterocycles. The second-order valence-electron chi connectivity index (χ2n) is 6.44. The molecular formula is C22H17N3O2S3. The van der Waals surface area contributed by atoms with Crippen molar-refractivity contribution in [2.45, 2.75) is 13.3 Å². The minimum atomic E-state index is -0.223. The van der Waals surface area contributed by atoms with E-state index in [0.29, 0.717) is 19.9 Å². The maximum atomic E-state index is 12.7. The number of nitrogens with one attached hydrogen (secondary N) is 2. The van der Waals surface area contributed by atoms with E-state index >= 15 is 0 Å². The maximum absolute atomic E-state index is 12.7. The van der Waals surface area contributed by atoms with Crippen molar-refractivity contribution in [2.24, 2.45) is 0 Å². The van der Waals surface area contributed by atoms with E-state index in [9.17, 15) is 9.59 Å². The molecule has 2 heterocycles. The third kappa shape index (κ3) is 4.51. The van der Waals surface area contributed by atoms with Gasteiger partial charge < -0.3 is 5.32 Å². The van der Waals surface area contributed by atoms with Crippen LogP contribution in [0, 0.1) is 0 Å². The van der Waals surface area contributed by atoms with E-state index in [2.05, 4.69) is 22.5 Å². The summed E-state index contributed by atoms with van der Waals surface area (Å²) in [5.41, 5.74) is 3.29. The topological polar surface area (TPSA) is 71.1 Å². The molecule has 1 aliphatic rings. The summed E-state index contributed by atoms with van der Waals surface area (Å²) in [6.45, 7) is 2.08. The summed E-state index contributed by atoms with van der Waals surface area (Å²) in [5, 5.41) is 6.06. The first kappa shape index (κ1) is 20.5. The van der Waals surface area contributed by atoms with Crippen LogP contribution in [-0.2, 0) is 11.2 Å². The molecule has 1 saturated heterocycles. The van der Waals surface area contributed by atoms with Crippen molar-refractivity contribution in [3.8, 4) is 11.3 Å². The van der Waals surface area contributed by atoms with Gasteiger partial charge in [-0.25, -0.2) is 4.98 Å². The average Bonchev–Trinajstić information content (AvgIpc) is 3.31. The number of aromatic nitrogens is 1. The molecule has 0 atom stereocenters. The van der Waals surface area contributed by atoms with Crippen LogP contribution in [0.3, 0.4) is 0 Å². The van der Waals surface area contributed by atoms with Crippen LogP contribution in [0.4, 0.5) is 5.13 Å². The number of carbonyl (C=O) groups excluding carboxylic acids is 2. The molecule has 0 bridgehead atoms. The smallest absolute Gasteiger partial charge is 0.263 e. The fourth-order valence-corrected chi connectivity index (χ4v) is 4.90. The third-order valence-electron chi connectivity index (χ3n) is 4.40. The van der Waals surface area contributed by atoms with Gasteiger partial charge in [-0.2, -0.15) is 0 Å². The van der Waals surface area contributed by atoms with E-state index in [1.807, 2.05) is 30.3 Å². The zero-order valence-electron chi connectivity index (χ0n) is 16.0. The van der Waals surface area contributed by atoms with Gasteiger partial charge in [0.2, 0.25) is 0 Å². The molecule has 2 aromatic carbocycles. The number of amides is 2. The first-order valence-corrected chi connectivity index (χ1v) is 11.3. The number of aryl methyl sites for hydroxylation is 1. The predicted octanol–water partition coefficient (Wildman–Crippen LogP) is 5.11. The summed E-state index contributed by atoms with van der Waals surface area (Å²) in [6, 6.07) is 17.0. The maximum Gasteiger partial charge on any atom is 0.263 e. The van der Waals surface area contributed by atoms with Crippen LogP contribution in [-0.4, -0.2) is 21.1 Å². The lowest BCUT2D eigenvalue weighted by atomic mass is 10.1. The Morgan fingerprint density at radius 3 is 2.53 bits per heavy atom. The first-order valence-electron chi connectivity index (χ1n) is 9.25. The molecule has 1 fully saturated rings. The van der Waals surface area contributed by atoms with Gasteiger partial charge in [0.15, 0.2) is 5.13 Å². The van der Waals surface area contributed by atoms with E-state index in [0.717, 1.165) is 28.1 Å². The minimum Gasteiger partial charge on any atom is -0.307 e. The molecule has 0 saturated carbocycles. The minimum absolute atomic E-state index is 0.198. The Bertz CT molecular complexity index is 1150. The van der Waals surface area contributed by atoms with Crippen LogP contribution in [0.25, 0.3) is 17.3 Å². The van der Waals surface area contributed by atoms with Crippen molar-refractivity contribution in [1.82, 2.24) is 10.3 Å².